The molecule has 2 fully saturated rings. The summed E-state index contributed by atoms with van der Waals surface area (Å²) in [6, 6.07) is 16.7. The van der Waals surface area contributed by atoms with Crippen LogP contribution in [-0.4, -0.2) is 60.5 Å². The molecule has 1 N–H and O–H groups in total. The summed E-state index contributed by atoms with van der Waals surface area (Å²) in [6.45, 7) is 7.53. The topological polar surface area (TPSA) is 88.5 Å². The molecule has 8 nitrogen and oxygen atoms in total. The van der Waals surface area contributed by atoms with E-state index in [9.17, 15) is 19.1 Å². The normalized spacial score (nSPS) is 19.2. The molecule has 2 saturated heterocycles. The molecule has 1 atom stereocenters. The number of carboxylic acids is 1. The minimum absolute atomic E-state index is 0.173. The molecule has 0 bridgehead atoms. The van der Waals surface area contributed by atoms with Crippen molar-refractivity contribution in [1.29, 1.82) is 0 Å². The summed E-state index contributed by atoms with van der Waals surface area (Å²) in [4.78, 5) is 28.0. The van der Waals surface area contributed by atoms with E-state index in [1.54, 1.807) is 29.2 Å². The van der Waals surface area contributed by atoms with Crippen LogP contribution in [0.2, 0.25) is 0 Å². The van der Waals surface area contributed by atoms with Crippen LogP contribution in [-0.2, 0) is 11.3 Å². The number of halogens is 1. The van der Waals surface area contributed by atoms with Crippen LogP contribution in [0.4, 0.5) is 14.9 Å². The Labute approximate surface area is 239 Å². The van der Waals surface area contributed by atoms with Crippen molar-refractivity contribution in [3.05, 3.63) is 77.6 Å². The molecule has 0 aliphatic carbocycles. The molecule has 41 heavy (non-hydrogen) atoms. The first-order chi connectivity index (χ1) is 19.8. The van der Waals surface area contributed by atoms with Gasteiger partial charge >= 0.3 is 12.1 Å². The lowest BCUT2D eigenvalue weighted by molar-refractivity contribution is 0.0442. The third-order valence-corrected chi connectivity index (χ3v) is 7.65. The maximum absolute atomic E-state index is 13.6. The monoisotopic (exact) mass is 562 g/mol. The Morgan fingerprint density at radius 2 is 1.63 bits per heavy atom. The molecular weight excluding hydrogens is 527 g/mol. The second-order valence-corrected chi connectivity index (χ2v) is 10.5. The fraction of sp³-hybridized carbons (Fsp3) is 0.375. The fourth-order valence-electron chi connectivity index (χ4n) is 5.68. The molecular formula is C32H35FN2O6. The van der Waals surface area contributed by atoms with E-state index < -0.39 is 17.7 Å². The van der Waals surface area contributed by atoms with Crippen molar-refractivity contribution in [3.8, 4) is 22.6 Å². The van der Waals surface area contributed by atoms with Crippen LogP contribution in [0, 0.1) is 5.82 Å². The number of hydrogen-bond donors (Lipinski definition) is 1. The number of aromatic carboxylic acids is 1. The van der Waals surface area contributed by atoms with Gasteiger partial charge in [-0.15, -0.1) is 0 Å². The second-order valence-electron chi connectivity index (χ2n) is 10.5. The Morgan fingerprint density at radius 1 is 0.976 bits per heavy atom. The van der Waals surface area contributed by atoms with E-state index in [2.05, 4.69) is 4.90 Å². The maximum Gasteiger partial charge on any atom is 0.415 e. The maximum atomic E-state index is 13.6. The van der Waals surface area contributed by atoms with Gasteiger partial charge in [0.2, 0.25) is 0 Å². The van der Waals surface area contributed by atoms with E-state index in [0.29, 0.717) is 49.9 Å². The number of rotatable bonds is 9. The number of nitrogens with zero attached hydrogens (tertiary/aromatic N) is 2. The van der Waals surface area contributed by atoms with Gasteiger partial charge in [0, 0.05) is 25.2 Å². The van der Waals surface area contributed by atoms with Crippen molar-refractivity contribution in [1.82, 2.24) is 4.90 Å². The Hall–Kier alpha value is -4.11. The zero-order valence-corrected chi connectivity index (χ0v) is 23.4. The van der Waals surface area contributed by atoms with Crippen LogP contribution in [0.5, 0.6) is 11.5 Å². The Morgan fingerprint density at radius 3 is 2.24 bits per heavy atom. The molecule has 1 spiro atoms. The number of likely N-dealkylation sites (tertiary alicyclic amines) is 1. The van der Waals surface area contributed by atoms with Crippen LogP contribution >= 0.6 is 0 Å². The van der Waals surface area contributed by atoms with Gasteiger partial charge in [-0.3, -0.25) is 9.80 Å². The molecule has 2 aliphatic rings. The molecule has 0 saturated carbocycles. The van der Waals surface area contributed by atoms with Crippen molar-refractivity contribution in [2.75, 3.05) is 37.7 Å². The third kappa shape index (κ3) is 6.30. The summed E-state index contributed by atoms with van der Waals surface area (Å²) in [5, 5.41) is 9.18. The molecule has 3 aromatic carbocycles. The highest BCUT2D eigenvalue weighted by Crippen LogP contribution is 2.41. The second kappa shape index (κ2) is 12.2. The van der Waals surface area contributed by atoms with Crippen molar-refractivity contribution in [3.63, 3.8) is 0 Å². The molecule has 1 unspecified atom stereocenters. The summed E-state index contributed by atoms with van der Waals surface area (Å²) >= 11 is 0. The number of hydrogen-bond acceptors (Lipinski definition) is 6. The zero-order chi connectivity index (χ0) is 29.0. The van der Waals surface area contributed by atoms with Crippen LogP contribution in [0.1, 0.15) is 49.0 Å². The highest BCUT2D eigenvalue weighted by molar-refractivity contribution is 5.92. The molecule has 1 amide bonds. The highest BCUT2D eigenvalue weighted by Gasteiger charge is 2.46. The average Bonchev–Trinajstić information content (AvgIpc) is 3.16. The lowest BCUT2D eigenvalue weighted by Gasteiger charge is -2.26. The number of amides is 1. The average molecular weight is 563 g/mol. The van der Waals surface area contributed by atoms with Gasteiger partial charge < -0.3 is 19.3 Å². The number of carbonyl (C=O) groups excluding carboxylic acids is 1. The van der Waals surface area contributed by atoms with Crippen molar-refractivity contribution in [2.45, 2.75) is 45.3 Å². The van der Waals surface area contributed by atoms with Gasteiger partial charge in [0.15, 0.2) is 0 Å². The third-order valence-electron chi connectivity index (χ3n) is 7.65. The van der Waals surface area contributed by atoms with Gasteiger partial charge in [0.25, 0.3) is 0 Å². The smallest absolute Gasteiger partial charge is 0.415 e. The summed E-state index contributed by atoms with van der Waals surface area (Å²) in [5.41, 5.74) is 2.89. The number of anilines is 1. The lowest BCUT2D eigenvalue weighted by Crippen LogP contribution is -2.36. The lowest BCUT2D eigenvalue weighted by atomic mass is 9.94. The highest BCUT2D eigenvalue weighted by atomic mass is 19.1. The quantitative estimate of drug-likeness (QED) is 0.324. The largest absolute Gasteiger partial charge is 0.493 e. The predicted octanol–water partition coefficient (Wildman–Crippen LogP) is 6.37. The van der Waals surface area contributed by atoms with Crippen LogP contribution < -0.4 is 14.4 Å². The summed E-state index contributed by atoms with van der Waals surface area (Å²) in [7, 11) is 0. The van der Waals surface area contributed by atoms with Gasteiger partial charge in [-0.05, 0) is 92.9 Å². The summed E-state index contributed by atoms with van der Waals surface area (Å²) < 4.78 is 31.7. The first-order valence-electron chi connectivity index (χ1n) is 14.1. The van der Waals surface area contributed by atoms with Crippen molar-refractivity contribution in [2.24, 2.45) is 0 Å². The molecule has 9 heteroatoms. The van der Waals surface area contributed by atoms with Crippen LogP contribution in [0.25, 0.3) is 11.1 Å². The van der Waals surface area contributed by atoms with E-state index in [-0.39, 0.29) is 11.4 Å². The fourth-order valence-corrected chi connectivity index (χ4v) is 5.68. The number of ether oxygens (including phenoxy) is 3. The first kappa shape index (κ1) is 28.4. The Kier molecular flexibility index (Phi) is 8.44. The summed E-state index contributed by atoms with van der Waals surface area (Å²) in [6.07, 6.45) is 1.90. The summed E-state index contributed by atoms with van der Waals surface area (Å²) in [5.74, 6) is 0.0846. The molecule has 3 aromatic rings. The van der Waals surface area contributed by atoms with Gasteiger partial charge in [0.05, 0.1) is 30.9 Å². The van der Waals surface area contributed by atoms with Crippen LogP contribution in [0.15, 0.2) is 60.7 Å². The minimum Gasteiger partial charge on any atom is -0.493 e. The molecule has 0 radical (unpaired) electrons. The van der Waals surface area contributed by atoms with Crippen molar-refractivity contribution >= 4 is 17.7 Å². The van der Waals surface area contributed by atoms with Gasteiger partial charge in [-0.2, -0.15) is 0 Å². The van der Waals surface area contributed by atoms with E-state index >= 15 is 0 Å². The molecule has 2 aliphatic heterocycles. The van der Waals surface area contributed by atoms with Crippen molar-refractivity contribution < 1.29 is 33.3 Å². The number of carbonyl (C=O) groups is 2. The minimum atomic E-state index is -1.01. The molecule has 5 rings (SSSR count). The molecule has 0 aromatic heterocycles. The van der Waals surface area contributed by atoms with Gasteiger partial charge in [-0.1, -0.05) is 12.1 Å². The van der Waals surface area contributed by atoms with E-state index in [0.717, 1.165) is 42.6 Å². The van der Waals surface area contributed by atoms with E-state index in [1.165, 1.54) is 24.3 Å². The molecule has 216 valence electrons. The predicted molar refractivity (Wildman–Crippen MR) is 153 cm³/mol. The SMILES string of the molecule is CCOc1cc(CN2CCCC3(CC2)CN(c2ccc(C(=O)O)cc2)C(=O)O3)cc(OCC)c1-c1ccc(F)cc1. The molecule has 2 heterocycles. The Bertz CT molecular complexity index is 1370. The first-order valence-corrected chi connectivity index (χ1v) is 14.1. The van der Waals surface area contributed by atoms with E-state index in [4.69, 9.17) is 14.2 Å². The van der Waals surface area contributed by atoms with Gasteiger partial charge in [0.1, 0.15) is 22.9 Å². The number of benzene rings is 3. The van der Waals surface area contributed by atoms with Gasteiger partial charge in [-0.25, -0.2) is 14.0 Å². The van der Waals surface area contributed by atoms with Crippen LogP contribution in [0.3, 0.4) is 0 Å². The number of carboxylic acid groups (broad SMARTS) is 1. The standard InChI is InChI=1S/C32H35FN2O6/c1-3-39-27-18-22(19-28(40-4-2)29(27)23-6-10-25(33)11-7-23)20-34-16-5-14-32(15-17-34)21-35(31(38)41-32)26-12-8-24(9-13-26)30(36)37/h6-13,18-19H,3-5,14-17,20-21H2,1-2H3,(H,36,37). The van der Waals surface area contributed by atoms with E-state index in [1.807, 2.05) is 26.0 Å². The zero-order valence-electron chi connectivity index (χ0n) is 23.4. The Balaban J connectivity index is 1.32.